The molecule has 0 spiro atoms. The number of halogens is 1. The van der Waals surface area contributed by atoms with Crippen molar-refractivity contribution in [3.63, 3.8) is 0 Å². The minimum atomic E-state index is -3.36. The molecule has 6 heteroatoms. The Morgan fingerprint density at radius 1 is 1.14 bits per heavy atom. The molecule has 2 aromatic rings. The first kappa shape index (κ1) is 17.9. The van der Waals surface area contributed by atoms with Gasteiger partial charge in [0.2, 0.25) is 10.0 Å². The van der Waals surface area contributed by atoms with E-state index in [1.165, 1.54) is 16.3 Å². The Hall–Kier alpha value is -1.14. The van der Waals surface area contributed by atoms with Gasteiger partial charge in [0.15, 0.2) is 0 Å². The Bertz CT molecular complexity index is 689. The van der Waals surface area contributed by atoms with Gasteiger partial charge in [-0.05, 0) is 42.3 Å². The second kappa shape index (κ2) is 7.75. The summed E-state index contributed by atoms with van der Waals surface area (Å²) in [5.74, 6) is 0.0183. The maximum Gasteiger partial charge on any atom is 0.209 e. The number of primary sulfonamides is 1. The van der Waals surface area contributed by atoms with Crippen molar-refractivity contribution in [1.82, 2.24) is 5.32 Å². The van der Waals surface area contributed by atoms with Crippen LogP contribution in [0.1, 0.15) is 24.9 Å². The fourth-order valence-electron chi connectivity index (χ4n) is 2.19. The molecule has 1 unspecified atom stereocenters. The van der Waals surface area contributed by atoms with Crippen LogP contribution in [0.25, 0.3) is 10.8 Å². The zero-order valence-corrected chi connectivity index (χ0v) is 13.6. The highest BCUT2D eigenvalue weighted by molar-refractivity contribution is 7.89. The van der Waals surface area contributed by atoms with Gasteiger partial charge in [0, 0.05) is 6.04 Å². The molecule has 2 aromatic carbocycles. The normalized spacial score (nSPS) is 12.9. The summed E-state index contributed by atoms with van der Waals surface area (Å²) in [7, 11) is -3.36. The largest absolute Gasteiger partial charge is 0.310 e. The summed E-state index contributed by atoms with van der Waals surface area (Å²) in [4.78, 5) is 0. The standard InChI is InChI=1S/C15H20N2O2S.ClH/c1-12(17-9-4-10-20(16,18)19)14-8-7-13-5-2-3-6-15(13)11-14;/h2-3,5-8,11-12,17H,4,9-10H2,1H3,(H2,16,18,19);1H. The van der Waals surface area contributed by atoms with Crippen LogP contribution in [0.5, 0.6) is 0 Å². The third kappa shape index (κ3) is 5.63. The summed E-state index contributed by atoms with van der Waals surface area (Å²) in [6, 6.07) is 14.8. The molecule has 1 atom stereocenters. The van der Waals surface area contributed by atoms with Crippen LogP contribution in [0.4, 0.5) is 0 Å². The summed E-state index contributed by atoms with van der Waals surface area (Å²) < 4.78 is 21.7. The van der Waals surface area contributed by atoms with Crippen LogP contribution in [0.15, 0.2) is 42.5 Å². The maximum atomic E-state index is 10.8. The minimum absolute atomic E-state index is 0. The van der Waals surface area contributed by atoms with E-state index in [1.54, 1.807) is 0 Å². The predicted octanol–water partition coefficient (Wildman–Crippen LogP) is 2.59. The average molecular weight is 329 g/mol. The summed E-state index contributed by atoms with van der Waals surface area (Å²) in [6.45, 7) is 2.70. The van der Waals surface area contributed by atoms with Crippen molar-refractivity contribution in [2.45, 2.75) is 19.4 Å². The molecule has 0 aliphatic rings. The lowest BCUT2D eigenvalue weighted by Gasteiger charge is -2.14. The number of sulfonamides is 1. The highest BCUT2D eigenvalue weighted by Crippen LogP contribution is 2.20. The van der Waals surface area contributed by atoms with Crippen LogP contribution in [-0.4, -0.2) is 20.7 Å². The van der Waals surface area contributed by atoms with E-state index < -0.39 is 10.0 Å². The third-order valence-electron chi connectivity index (χ3n) is 3.33. The number of hydrogen-bond acceptors (Lipinski definition) is 3. The van der Waals surface area contributed by atoms with E-state index in [0.717, 1.165) is 0 Å². The predicted molar refractivity (Wildman–Crippen MR) is 90.2 cm³/mol. The second-order valence-corrected chi connectivity index (χ2v) is 6.74. The molecule has 3 N–H and O–H groups in total. The van der Waals surface area contributed by atoms with E-state index in [0.29, 0.717) is 13.0 Å². The molecule has 0 fully saturated rings. The first-order valence-corrected chi connectivity index (χ1v) is 8.40. The van der Waals surface area contributed by atoms with Gasteiger partial charge in [-0.25, -0.2) is 13.6 Å². The average Bonchev–Trinajstić information content (AvgIpc) is 2.42. The Labute approximate surface area is 132 Å². The molecule has 0 radical (unpaired) electrons. The van der Waals surface area contributed by atoms with Crippen LogP contribution >= 0.6 is 12.4 Å². The number of benzene rings is 2. The lowest BCUT2D eigenvalue weighted by molar-refractivity contribution is 0.561. The molecule has 0 bridgehead atoms. The van der Waals surface area contributed by atoms with Crippen molar-refractivity contribution < 1.29 is 8.42 Å². The molecule has 0 aliphatic carbocycles. The monoisotopic (exact) mass is 328 g/mol. The third-order valence-corrected chi connectivity index (χ3v) is 4.19. The Kier molecular flexibility index (Phi) is 6.61. The van der Waals surface area contributed by atoms with E-state index >= 15 is 0 Å². The topological polar surface area (TPSA) is 72.2 Å². The summed E-state index contributed by atoms with van der Waals surface area (Å²) in [6.07, 6.45) is 0.525. The lowest BCUT2D eigenvalue weighted by atomic mass is 10.0. The van der Waals surface area contributed by atoms with Crippen LogP contribution in [0, 0.1) is 0 Å². The molecule has 21 heavy (non-hydrogen) atoms. The number of nitrogens with one attached hydrogen (secondary N) is 1. The SMILES string of the molecule is CC(NCCCS(N)(=O)=O)c1ccc2ccccc2c1.Cl. The fourth-order valence-corrected chi connectivity index (χ4v) is 2.73. The van der Waals surface area contributed by atoms with Crippen LogP contribution < -0.4 is 10.5 Å². The van der Waals surface area contributed by atoms with E-state index in [1.807, 2.05) is 12.1 Å². The molecule has 116 valence electrons. The molecule has 0 heterocycles. The van der Waals surface area contributed by atoms with Gasteiger partial charge in [-0.3, -0.25) is 0 Å². The smallest absolute Gasteiger partial charge is 0.209 e. The van der Waals surface area contributed by atoms with Gasteiger partial charge >= 0.3 is 0 Å². The van der Waals surface area contributed by atoms with Crippen molar-refractivity contribution in [1.29, 1.82) is 0 Å². The Balaban J connectivity index is 0.00000220. The lowest BCUT2D eigenvalue weighted by Crippen LogP contribution is -2.24. The highest BCUT2D eigenvalue weighted by Gasteiger charge is 2.07. The van der Waals surface area contributed by atoms with Crippen LogP contribution in [0.3, 0.4) is 0 Å². The van der Waals surface area contributed by atoms with E-state index in [2.05, 4.69) is 42.6 Å². The first-order valence-electron chi connectivity index (χ1n) is 6.68. The van der Waals surface area contributed by atoms with Crippen molar-refractivity contribution >= 4 is 33.2 Å². The highest BCUT2D eigenvalue weighted by atomic mass is 35.5. The van der Waals surface area contributed by atoms with E-state index in [4.69, 9.17) is 5.14 Å². The van der Waals surface area contributed by atoms with Gasteiger partial charge in [0.25, 0.3) is 0 Å². The molecular weight excluding hydrogens is 308 g/mol. The molecule has 0 saturated heterocycles. The number of rotatable bonds is 6. The van der Waals surface area contributed by atoms with Gasteiger partial charge in [-0.15, -0.1) is 12.4 Å². The van der Waals surface area contributed by atoms with Crippen molar-refractivity contribution in [3.05, 3.63) is 48.0 Å². The number of fused-ring (bicyclic) bond motifs is 1. The number of hydrogen-bond donors (Lipinski definition) is 2. The van der Waals surface area contributed by atoms with Crippen LogP contribution in [-0.2, 0) is 10.0 Å². The maximum absolute atomic E-state index is 10.8. The summed E-state index contributed by atoms with van der Waals surface area (Å²) >= 11 is 0. The van der Waals surface area contributed by atoms with E-state index in [9.17, 15) is 8.42 Å². The Morgan fingerprint density at radius 3 is 2.48 bits per heavy atom. The van der Waals surface area contributed by atoms with Gasteiger partial charge in [0.1, 0.15) is 0 Å². The summed E-state index contributed by atoms with van der Waals surface area (Å²) in [5.41, 5.74) is 1.19. The molecule has 0 amide bonds. The van der Waals surface area contributed by atoms with Gasteiger partial charge < -0.3 is 5.32 Å². The Morgan fingerprint density at radius 2 is 1.81 bits per heavy atom. The molecule has 0 aromatic heterocycles. The van der Waals surface area contributed by atoms with Crippen molar-refractivity contribution in [3.8, 4) is 0 Å². The van der Waals surface area contributed by atoms with Gasteiger partial charge in [-0.1, -0.05) is 36.4 Å². The minimum Gasteiger partial charge on any atom is -0.310 e. The zero-order valence-electron chi connectivity index (χ0n) is 12.0. The molecule has 4 nitrogen and oxygen atoms in total. The van der Waals surface area contributed by atoms with Crippen LogP contribution in [0.2, 0.25) is 0 Å². The molecule has 0 saturated carbocycles. The fraction of sp³-hybridized carbons (Fsp3) is 0.333. The van der Waals surface area contributed by atoms with Crippen molar-refractivity contribution in [2.24, 2.45) is 5.14 Å². The number of nitrogens with two attached hydrogens (primary N) is 1. The van der Waals surface area contributed by atoms with Crippen molar-refractivity contribution in [2.75, 3.05) is 12.3 Å². The van der Waals surface area contributed by atoms with E-state index in [-0.39, 0.29) is 24.2 Å². The zero-order chi connectivity index (χ0) is 14.6. The molecule has 0 aliphatic heterocycles. The molecule has 2 rings (SSSR count). The van der Waals surface area contributed by atoms with Gasteiger partial charge in [-0.2, -0.15) is 0 Å². The summed E-state index contributed by atoms with van der Waals surface area (Å²) in [5, 5.41) is 10.7. The quantitative estimate of drug-likeness (QED) is 0.800. The first-order chi connectivity index (χ1) is 9.46. The van der Waals surface area contributed by atoms with Gasteiger partial charge in [0.05, 0.1) is 5.75 Å². The molecular formula is C15H21ClN2O2S. The second-order valence-electron chi connectivity index (χ2n) is 5.00.